The molecule has 0 spiro atoms. The fraction of sp³-hybridized carbons (Fsp3) is 0.364. The number of hydrogen-bond donors (Lipinski definition) is 4. The summed E-state index contributed by atoms with van der Waals surface area (Å²) in [5.41, 5.74) is 0.268. The fourth-order valence-electron chi connectivity index (χ4n) is 1.77. The first-order chi connectivity index (χ1) is 7.65. The predicted octanol–water partition coefficient (Wildman–Crippen LogP) is 0.190. The third-order valence-electron chi connectivity index (χ3n) is 2.56. The monoisotopic (exact) mass is 222 g/mol. The number of amides is 1. The zero-order valence-electron chi connectivity index (χ0n) is 8.73. The summed E-state index contributed by atoms with van der Waals surface area (Å²) >= 11 is 0. The SMILES string of the molecule is O=C(NC1CCNC1)c1cc(O)cc(O)c1. The Morgan fingerprint density at radius 3 is 2.56 bits per heavy atom. The van der Waals surface area contributed by atoms with Crippen LogP contribution in [0.1, 0.15) is 16.8 Å². The van der Waals surface area contributed by atoms with Crippen LogP contribution in [0.2, 0.25) is 0 Å². The number of rotatable bonds is 2. The average Bonchev–Trinajstić information content (AvgIpc) is 2.68. The van der Waals surface area contributed by atoms with Gasteiger partial charge in [-0.15, -0.1) is 0 Å². The number of phenols is 2. The second-order valence-corrected chi connectivity index (χ2v) is 3.90. The van der Waals surface area contributed by atoms with Gasteiger partial charge < -0.3 is 20.8 Å². The standard InChI is InChI=1S/C11H14N2O3/c14-9-3-7(4-10(15)5-9)11(16)13-8-1-2-12-6-8/h3-5,8,12,14-15H,1-2,6H2,(H,13,16). The molecule has 1 aromatic rings. The van der Waals surface area contributed by atoms with Crippen LogP contribution in [0.3, 0.4) is 0 Å². The number of hydrogen-bond acceptors (Lipinski definition) is 4. The fourth-order valence-corrected chi connectivity index (χ4v) is 1.77. The minimum absolute atomic E-state index is 0.116. The maximum absolute atomic E-state index is 11.7. The quantitative estimate of drug-likeness (QED) is 0.575. The highest BCUT2D eigenvalue weighted by Crippen LogP contribution is 2.20. The molecule has 0 saturated carbocycles. The maximum atomic E-state index is 11.7. The lowest BCUT2D eigenvalue weighted by Crippen LogP contribution is -2.36. The molecule has 1 amide bonds. The molecule has 1 heterocycles. The van der Waals surface area contributed by atoms with E-state index in [1.807, 2.05) is 0 Å². The van der Waals surface area contributed by atoms with Crippen molar-refractivity contribution in [3.63, 3.8) is 0 Å². The first-order valence-electron chi connectivity index (χ1n) is 5.20. The number of carbonyl (C=O) groups excluding carboxylic acids is 1. The van der Waals surface area contributed by atoms with Crippen LogP contribution >= 0.6 is 0 Å². The second kappa shape index (κ2) is 4.40. The van der Waals surface area contributed by atoms with Crippen molar-refractivity contribution in [1.82, 2.24) is 10.6 Å². The van der Waals surface area contributed by atoms with Gasteiger partial charge in [0.05, 0.1) is 0 Å². The maximum Gasteiger partial charge on any atom is 0.251 e. The van der Waals surface area contributed by atoms with Crippen molar-refractivity contribution >= 4 is 5.91 Å². The van der Waals surface area contributed by atoms with E-state index in [0.717, 1.165) is 19.5 Å². The molecule has 0 aromatic heterocycles. The normalized spacial score (nSPS) is 19.6. The lowest BCUT2D eigenvalue weighted by Gasteiger charge is -2.11. The largest absolute Gasteiger partial charge is 0.508 e. The van der Waals surface area contributed by atoms with Crippen molar-refractivity contribution in [1.29, 1.82) is 0 Å². The number of carbonyl (C=O) groups is 1. The molecule has 5 heteroatoms. The van der Waals surface area contributed by atoms with Crippen molar-refractivity contribution in [2.24, 2.45) is 0 Å². The molecule has 0 bridgehead atoms. The summed E-state index contributed by atoms with van der Waals surface area (Å²) in [5.74, 6) is -0.510. The van der Waals surface area contributed by atoms with E-state index in [9.17, 15) is 15.0 Å². The molecule has 1 aliphatic heterocycles. The molecule has 1 saturated heterocycles. The number of nitrogens with one attached hydrogen (secondary N) is 2. The molecule has 4 N–H and O–H groups in total. The summed E-state index contributed by atoms with van der Waals surface area (Å²) in [6, 6.07) is 3.97. The summed E-state index contributed by atoms with van der Waals surface area (Å²) in [5, 5.41) is 24.5. The van der Waals surface area contributed by atoms with Gasteiger partial charge in [-0.2, -0.15) is 0 Å². The van der Waals surface area contributed by atoms with Crippen molar-refractivity contribution in [3.05, 3.63) is 23.8 Å². The highest BCUT2D eigenvalue weighted by atomic mass is 16.3. The van der Waals surface area contributed by atoms with Crippen LogP contribution in [-0.4, -0.2) is 35.3 Å². The minimum atomic E-state index is -0.278. The van der Waals surface area contributed by atoms with E-state index < -0.39 is 0 Å². The van der Waals surface area contributed by atoms with Gasteiger partial charge in [0, 0.05) is 24.2 Å². The third kappa shape index (κ3) is 2.43. The Hall–Kier alpha value is -1.75. The lowest BCUT2D eigenvalue weighted by molar-refractivity contribution is 0.0939. The molecule has 2 rings (SSSR count). The Bertz CT molecular complexity index is 380. The molecule has 1 aliphatic rings. The molecule has 1 fully saturated rings. The first-order valence-corrected chi connectivity index (χ1v) is 5.20. The van der Waals surface area contributed by atoms with Crippen molar-refractivity contribution < 1.29 is 15.0 Å². The zero-order chi connectivity index (χ0) is 11.5. The van der Waals surface area contributed by atoms with E-state index in [0.29, 0.717) is 0 Å². The van der Waals surface area contributed by atoms with E-state index in [1.165, 1.54) is 18.2 Å². The molecule has 86 valence electrons. The van der Waals surface area contributed by atoms with Crippen molar-refractivity contribution in [2.45, 2.75) is 12.5 Å². The Labute approximate surface area is 93.1 Å². The van der Waals surface area contributed by atoms with Gasteiger partial charge in [-0.25, -0.2) is 0 Å². The van der Waals surface area contributed by atoms with Crippen molar-refractivity contribution in [3.8, 4) is 11.5 Å². The Kier molecular flexibility index (Phi) is 2.96. The van der Waals surface area contributed by atoms with Gasteiger partial charge >= 0.3 is 0 Å². The molecular weight excluding hydrogens is 208 g/mol. The number of phenolic OH excluding ortho intramolecular Hbond substituents is 2. The second-order valence-electron chi connectivity index (χ2n) is 3.90. The van der Waals surface area contributed by atoms with Crippen molar-refractivity contribution in [2.75, 3.05) is 13.1 Å². The Balaban J connectivity index is 2.07. The van der Waals surface area contributed by atoms with Crippen LogP contribution in [0.25, 0.3) is 0 Å². The van der Waals surface area contributed by atoms with Gasteiger partial charge in [-0.05, 0) is 25.1 Å². The topological polar surface area (TPSA) is 81.6 Å². The molecular formula is C11H14N2O3. The molecule has 0 radical (unpaired) electrons. The van der Waals surface area contributed by atoms with Crippen LogP contribution in [0.5, 0.6) is 11.5 Å². The average molecular weight is 222 g/mol. The van der Waals surface area contributed by atoms with Crippen LogP contribution in [0.15, 0.2) is 18.2 Å². The van der Waals surface area contributed by atoms with E-state index in [-0.39, 0.29) is 29.0 Å². The van der Waals surface area contributed by atoms with E-state index in [4.69, 9.17) is 0 Å². The summed E-state index contributed by atoms with van der Waals surface area (Å²) in [6.07, 6.45) is 0.899. The van der Waals surface area contributed by atoms with Crippen LogP contribution < -0.4 is 10.6 Å². The van der Waals surface area contributed by atoms with Gasteiger partial charge in [0.1, 0.15) is 11.5 Å². The third-order valence-corrected chi connectivity index (χ3v) is 2.56. The van der Waals surface area contributed by atoms with Crippen LogP contribution in [0, 0.1) is 0 Å². The Morgan fingerprint density at radius 1 is 1.31 bits per heavy atom. The number of benzene rings is 1. The molecule has 16 heavy (non-hydrogen) atoms. The van der Waals surface area contributed by atoms with Crippen LogP contribution in [-0.2, 0) is 0 Å². The zero-order valence-corrected chi connectivity index (χ0v) is 8.73. The van der Waals surface area contributed by atoms with Crippen LogP contribution in [0.4, 0.5) is 0 Å². The van der Waals surface area contributed by atoms with Gasteiger partial charge in [-0.1, -0.05) is 0 Å². The van der Waals surface area contributed by atoms with E-state index in [2.05, 4.69) is 10.6 Å². The van der Waals surface area contributed by atoms with Gasteiger partial charge in [0.2, 0.25) is 0 Å². The van der Waals surface area contributed by atoms with E-state index >= 15 is 0 Å². The molecule has 1 atom stereocenters. The molecule has 0 aliphatic carbocycles. The van der Waals surface area contributed by atoms with Gasteiger partial charge in [0.25, 0.3) is 5.91 Å². The summed E-state index contributed by atoms with van der Waals surface area (Å²) < 4.78 is 0. The Morgan fingerprint density at radius 2 is 2.00 bits per heavy atom. The highest BCUT2D eigenvalue weighted by Gasteiger charge is 2.18. The molecule has 5 nitrogen and oxygen atoms in total. The highest BCUT2D eigenvalue weighted by molar-refractivity contribution is 5.95. The summed E-state index contributed by atoms with van der Waals surface area (Å²) in [4.78, 5) is 11.7. The summed E-state index contributed by atoms with van der Waals surface area (Å²) in [6.45, 7) is 1.66. The minimum Gasteiger partial charge on any atom is -0.508 e. The van der Waals surface area contributed by atoms with Gasteiger partial charge in [-0.3, -0.25) is 4.79 Å². The first kappa shape index (κ1) is 10.8. The smallest absolute Gasteiger partial charge is 0.251 e. The predicted molar refractivity (Wildman–Crippen MR) is 58.5 cm³/mol. The summed E-state index contributed by atoms with van der Waals surface area (Å²) in [7, 11) is 0. The molecule has 1 aromatic carbocycles. The van der Waals surface area contributed by atoms with E-state index in [1.54, 1.807) is 0 Å². The van der Waals surface area contributed by atoms with Gasteiger partial charge in [0.15, 0.2) is 0 Å². The lowest BCUT2D eigenvalue weighted by atomic mass is 10.1. The molecule has 1 unspecified atom stereocenters. The number of aromatic hydroxyl groups is 2.